The number of ketones is 1. The van der Waals surface area contributed by atoms with E-state index in [1.165, 1.54) is 20.3 Å². The number of hydrogen-bond acceptors (Lipinski definition) is 7. The molecule has 0 unspecified atom stereocenters. The summed E-state index contributed by atoms with van der Waals surface area (Å²) < 4.78 is 26.8. The Morgan fingerprint density at radius 3 is 2.10 bits per heavy atom. The van der Waals surface area contributed by atoms with Gasteiger partial charge in [-0.3, -0.25) is 4.79 Å². The van der Waals surface area contributed by atoms with Crippen molar-refractivity contribution in [2.75, 3.05) is 28.4 Å². The van der Waals surface area contributed by atoms with Gasteiger partial charge in [0.05, 0.1) is 33.8 Å². The summed E-state index contributed by atoms with van der Waals surface area (Å²) in [7, 11) is 5.91. The van der Waals surface area contributed by atoms with Crippen LogP contribution >= 0.6 is 0 Å². The van der Waals surface area contributed by atoms with Crippen LogP contribution in [0.1, 0.15) is 21.7 Å². The van der Waals surface area contributed by atoms with Gasteiger partial charge in [0.25, 0.3) is 0 Å². The van der Waals surface area contributed by atoms with Crippen LogP contribution in [0.15, 0.2) is 34.8 Å². The van der Waals surface area contributed by atoms with Crippen molar-refractivity contribution in [3.8, 4) is 28.7 Å². The minimum absolute atomic E-state index is 0.0104. The van der Waals surface area contributed by atoms with Crippen LogP contribution in [0, 0.1) is 6.92 Å². The number of fused-ring (bicyclic) bond motifs is 1. The van der Waals surface area contributed by atoms with E-state index < -0.39 is 5.78 Å². The van der Waals surface area contributed by atoms with E-state index in [9.17, 15) is 9.90 Å². The van der Waals surface area contributed by atoms with E-state index >= 15 is 0 Å². The predicted molar refractivity (Wildman–Crippen MR) is 109 cm³/mol. The summed E-state index contributed by atoms with van der Waals surface area (Å²) in [6.07, 6.45) is 2.94. The number of allylic oxidation sites excluding steroid dienone is 1. The summed E-state index contributed by atoms with van der Waals surface area (Å²) in [5.74, 6) is 1.27. The molecule has 152 valence electrons. The maximum absolute atomic E-state index is 13.0. The number of phenols is 1. The Bertz CT molecular complexity index is 1070. The number of rotatable bonds is 7. The van der Waals surface area contributed by atoms with Crippen LogP contribution in [0.3, 0.4) is 0 Å². The van der Waals surface area contributed by atoms with Gasteiger partial charge in [0.2, 0.25) is 5.75 Å². The zero-order valence-electron chi connectivity index (χ0n) is 16.9. The maximum atomic E-state index is 13.0. The van der Waals surface area contributed by atoms with E-state index in [4.69, 9.17) is 23.4 Å². The molecule has 3 aromatic rings. The van der Waals surface area contributed by atoms with Crippen LogP contribution in [-0.4, -0.2) is 39.3 Å². The van der Waals surface area contributed by atoms with E-state index in [0.717, 1.165) is 0 Å². The third-order valence-corrected chi connectivity index (χ3v) is 4.44. The smallest absolute Gasteiger partial charge is 0.205 e. The summed E-state index contributed by atoms with van der Waals surface area (Å²) >= 11 is 0. The summed E-state index contributed by atoms with van der Waals surface area (Å²) in [6, 6.07) is 6.97. The Labute approximate surface area is 168 Å². The Hall–Kier alpha value is -3.61. The van der Waals surface area contributed by atoms with Gasteiger partial charge in [-0.05, 0) is 36.8 Å². The predicted octanol–water partition coefficient (Wildman–Crippen LogP) is 4.38. The van der Waals surface area contributed by atoms with E-state index in [2.05, 4.69) is 0 Å². The van der Waals surface area contributed by atoms with Gasteiger partial charge in [-0.15, -0.1) is 0 Å². The molecule has 0 bridgehead atoms. The second-order valence-electron chi connectivity index (χ2n) is 6.23. The highest BCUT2D eigenvalue weighted by atomic mass is 16.5. The third-order valence-electron chi connectivity index (χ3n) is 4.44. The molecule has 1 aromatic heterocycles. The van der Waals surface area contributed by atoms with Gasteiger partial charge < -0.3 is 28.5 Å². The SMILES string of the molecule is COc1cc(/C=C/C(=O)c2c(O)c(OC)c3oc(C)cc3c2OC)cc(OC)c1. The molecule has 3 rings (SSSR count). The minimum atomic E-state index is -0.458. The standard InChI is InChI=1S/C22H22O7/c1-12-8-16-20(27-4)18(19(24)22(28-5)21(16)29-12)17(23)7-6-13-9-14(25-2)11-15(10-13)26-3/h6-11,24H,1-5H3/b7-6+. The highest BCUT2D eigenvalue weighted by Gasteiger charge is 2.27. The lowest BCUT2D eigenvalue weighted by molar-refractivity contribution is 0.104. The molecule has 0 atom stereocenters. The van der Waals surface area contributed by atoms with Crippen LogP contribution in [0.5, 0.6) is 28.7 Å². The quantitative estimate of drug-likeness (QED) is 0.467. The highest BCUT2D eigenvalue weighted by Crippen LogP contribution is 2.46. The van der Waals surface area contributed by atoms with Gasteiger partial charge >= 0.3 is 0 Å². The van der Waals surface area contributed by atoms with Crippen LogP contribution in [0.4, 0.5) is 0 Å². The second-order valence-corrected chi connectivity index (χ2v) is 6.23. The molecular weight excluding hydrogens is 376 g/mol. The van der Waals surface area contributed by atoms with Crippen molar-refractivity contribution in [1.82, 2.24) is 0 Å². The number of methoxy groups -OCH3 is 4. The molecule has 1 heterocycles. The van der Waals surface area contributed by atoms with Crippen LogP contribution in [-0.2, 0) is 0 Å². The molecule has 1 N–H and O–H groups in total. The monoisotopic (exact) mass is 398 g/mol. The van der Waals surface area contributed by atoms with Crippen molar-refractivity contribution in [3.63, 3.8) is 0 Å². The van der Waals surface area contributed by atoms with E-state index in [1.54, 1.807) is 51.5 Å². The average Bonchev–Trinajstić information content (AvgIpc) is 3.11. The lowest BCUT2D eigenvalue weighted by Crippen LogP contribution is -2.02. The van der Waals surface area contributed by atoms with Gasteiger partial charge in [0.1, 0.15) is 28.6 Å². The first-order valence-electron chi connectivity index (χ1n) is 8.76. The molecule has 0 amide bonds. The second kappa shape index (κ2) is 8.18. The molecule has 7 nitrogen and oxygen atoms in total. The zero-order chi connectivity index (χ0) is 21.1. The fraction of sp³-hybridized carbons (Fsp3) is 0.227. The molecule has 29 heavy (non-hydrogen) atoms. The van der Waals surface area contributed by atoms with Gasteiger partial charge in [-0.2, -0.15) is 0 Å². The largest absolute Gasteiger partial charge is 0.504 e. The molecule has 0 aliphatic heterocycles. The molecular formula is C22H22O7. The molecule has 0 saturated carbocycles. The number of aromatic hydroxyl groups is 1. The number of carbonyl (C=O) groups excluding carboxylic acids is 1. The van der Waals surface area contributed by atoms with E-state index in [1.807, 2.05) is 0 Å². The van der Waals surface area contributed by atoms with Gasteiger partial charge in [0.15, 0.2) is 17.1 Å². The normalized spacial score (nSPS) is 11.1. The fourth-order valence-electron chi connectivity index (χ4n) is 3.13. The van der Waals surface area contributed by atoms with Crippen LogP contribution in [0.2, 0.25) is 0 Å². The third kappa shape index (κ3) is 3.71. The topological polar surface area (TPSA) is 87.4 Å². The molecule has 7 heteroatoms. The van der Waals surface area contributed by atoms with Gasteiger partial charge in [-0.25, -0.2) is 0 Å². The zero-order valence-corrected chi connectivity index (χ0v) is 16.9. The van der Waals surface area contributed by atoms with Gasteiger partial charge in [-0.1, -0.05) is 6.08 Å². The lowest BCUT2D eigenvalue weighted by atomic mass is 10.0. The van der Waals surface area contributed by atoms with Crippen LogP contribution < -0.4 is 18.9 Å². The molecule has 0 radical (unpaired) electrons. The number of furan rings is 1. The summed E-state index contributed by atoms with van der Waals surface area (Å²) in [6.45, 7) is 1.76. The highest BCUT2D eigenvalue weighted by molar-refractivity contribution is 6.15. The molecule has 0 fully saturated rings. The van der Waals surface area contributed by atoms with E-state index in [0.29, 0.717) is 33.8 Å². The molecule has 2 aromatic carbocycles. The maximum Gasteiger partial charge on any atom is 0.205 e. The number of benzene rings is 2. The Kier molecular flexibility index (Phi) is 5.68. The van der Waals surface area contributed by atoms with Crippen molar-refractivity contribution in [2.24, 2.45) is 0 Å². The van der Waals surface area contributed by atoms with Crippen LogP contribution in [0.25, 0.3) is 17.0 Å². The molecule has 0 aliphatic carbocycles. The Morgan fingerprint density at radius 2 is 1.55 bits per heavy atom. The van der Waals surface area contributed by atoms with Crippen molar-refractivity contribution in [1.29, 1.82) is 0 Å². The molecule has 0 aliphatic rings. The van der Waals surface area contributed by atoms with Crippen molar-refractivity contribution < 1.29 is 33.3 Å². The first-order valence-corrected chi connectivity index (χ1v) is 8.76. The lowest BCUT2D eigenvalue weighted by Gasteiger charge is -2.13. The Balaban J connectivity index is 2.10. The fourth-order valence-corrected chi connectivity index (χ4v) is 3.13. The summed E-state index contributed by atoms with van der Waals surface area (Å²) in [5.41, 5.74) is 1.00. The number of hydrogen-bond donors (Lipinski definition) is 1. The average molecular weight is 398 g/mol. The summed E-state index contributed by atoms with van der Waals surface area (Å²) in [4.78, 5) is 13.0. The number of carbonyl (C=O) groups is 1. The first-order chi connectivity index (χ1) is 13.9. The number of phenolic OH excluding ortho intramolecular Hbond substituents is 1. The molecule has 0 saturated heterocycles. The van der Waals surface area contributed by atoms with Crippen molar-refractivity contribution in [3.05, 3.63) is 47.2 Å². The van der Waals surface area contributed by atoms with Crippen molar-refractivity contribution in [2.45, 2.75) is 6.92 Å². The van der Waals surface area contributed by atoms with Gasteiger partial charge in [0, 0.05) is 6.07 Å². The molecule has 0 spiro atoms. The first kappa shape index (κ1) is 20.1. The van der Waals surface area contributed by atoms with E-state index in [-0.39, 0.29) is 22.8 Å². The number of ether oxygens (including phenoxy) is 4. The summed E-state index contributed by atoms with van der Waals surface area (Å²) in [5, 5.41) is 11.2. The Morgan fingerprint density at radius 1 is 0.931 bits per heavy atom. The minimum Gasteiger partial charge on any atom is -0.504 e. The van der Waals surface area contributed by atoms with Crippen molar-refractivity contribution >= 4 is 22.8 Å². The number of aryl methyl sites for hydroxylation is 1.